The van der Waals surface area contributed by atoms with Crippen molar-refractivity contribution in [2.45, 2.75) is 69.7 Å². The predicted molar refractivity (Wildman–Crippen MR) is 117 cm³/mol. The van der Waals surface area contributed by atoms with E-state index in [0.29, 0.717) is 12.5 Å². The fourth-order valence-electron chi connectivity index (χ4n) is 3.94. The van der Waals surface area contributed by atoms with E-state index in [4.69, 9.17) is 4.74 Å². The van der Waals surface area contributed by atoms with E-state index in [1.807, 2.05) is 0 Å². The highest BCUT2D eigenvalue weighted by molar-refractivity contribution is 7.89. The molecule has 2 rings (SSSR count). The second-order valence-corrected chi connectivity index (χ2v) is 10.9. The molecule has 3 N–H and O–H groups in total. The van der Waals surface area contributed by atoms with Crippen molar-refractivity contribution in [3.8, 4) is 5.75 Å². The Labute approximate surface area is 180 Å². The minimum Gasteiger partial charge on any atom is -0.495 e. The Kier molecular flexibility index (Phi) is 8.70. The van der Waals surface area contributed by atoms with Crippen LogP contribution in [-0.2, 0) is 10.0 Å². The van der Waals surface area contributed by atoms with Crippen LogP contribution in [0, 0.1) is 11.8 Å². The van der Waals surface area contributed by atoms with Gasteiger partial charge in [0.2, 0.25) is 10.0 Å². The molecule has 30 heavy (non-hydrogen) atoms. The number of methoxy groups -OCH3 is 1. The number of nitrogens with one attached hydrogen (secondary N) is 2. The van der Waals surface area contributed by atoms with Crippen LogP contribution in [0.25, 0.3) is 0 Å². The number of amides is 1. The Bertz CT molecular complexity index is 811. The Morgan fingerprint density at radius 1 is 1.23 bits per heavy atom. The SMILES string of the molecule is COc1ccc(C(=O)NC[C@@H](CO)CC2CCCCC2)cc1S(=O)(=O)NC(C)(C)C. The number of hydrogen-bond acceptors (Lipinski definition) is 5. The zero-order chi connectivity index (χ0) is 22.4. The first-order valence-corrected chi connectivity index (χ1v) is 12.1. The summed E-state index contributed by atoms with van der Waals surface area (Å²) in [7, 11) is -2.48. The van der Waals surface area contributed by atoms with E-state index < -0.39 is 15.6 Å². The molecule has 170 valence electrons. The van der Waals surface area contributed by atoms with Gasteiger partial charge in [-0.05, 0) is 57.2 Å². The standard InChI is InChI=1S/C22H36N2O5S/c1-22(2,3)24-30(27,28)20-13-18(10-11-19(20)29-4)21(26)23-14-17(15-25)12-16-8-6-5-7-9-16/h10-11,13,16-17,24-25H,5-9,12,14-15H2,1-4H3,(H,23,26)/t17-/m0/s1. The molecule has 0 radical (unpaired) electrons. The highest BCUT2D eigenvalue weighted by Gasteiger charge is 2.26. The van der Waals surface area contributed by atoms with Gasteiger partial charge in [-0.3, -0.25) is 4.79 Å². The maximum atomic E-state index is 12.8. The molecule has 7 nitrogen and oxygen atoms in total. The van der Waals surface area contributed by atoms with Crippen LogP contribution in [-0.4, -0.2) is 45.2 Å². The molecule has 1 aliphatic rings. The van der Waals surface area contributed by atoms with E-state index in [-0.39, 0.29) is 34.6 Å². The van der Waals surface area contributed by atoms with Gasteiger partial charge in [-0.2, -0.15) is 0 Å². The largest absolute Gasteiger partial charge is 0.495 e. The van der Waals surface area contributed by atoms with Crippen molar-refractivity contribution in [1.82, 2.24) is 10.0 Å². The average Bonchev–Trinajstić information content (AvgIpc) is 2.69. The Morgan fingerprint density at radius 2 is 1.90 bits per heavy atom. The first kappa shape index (κ1) is 24.6. The Hall–Kier alpha value is -1.64. The van der Waals surface area contributed by atoms with Gasteiger partial charge in [-0.15, -0.1) is 0 Å². The Morgan fingerprint density at radius 3 is 2.47 bits per heavy atom. The molecule has 0 aromatic heterocycles. The normalized spacial score (nSPS) is 16.8. The highest BCUT2D eigenvalue weighted by Crippen LogP contribution is 2.29. The van der Waals surface area contributed by atoms with Crippen molar-refractivity contribution in [3.63, 3.8) is 0 Å². The molecular formula is C22H36N2O5S. The quantitative estimate of drug-likeness (QED) is 0.547. The molecule has 1 saturated carbocycles. The van der Waals surface area contributed by atoms with Crippen LogP contribution in [0.1, 0.15) is 69.7 Å². The number of aliphatic hydroxyl groups excluding tert-OH is 1. The Balaban J connectivity index is 2.09. The summed E-state index contributed by atoms with van der Waals surface area (Å²) in [6.07, 6.45) is 7.02. The second-order valence-electron chi connectivity index (χ2n) is 9.22. The maximum Gasteiger partial charge on any atom is 0.251 e. The van der Waals surface area contributed by atoms with E-state index in [9.17, 15) is 18.3 Å². The van der Waals surface area contributed by atoms with Crippen molar-refractivity contribution in [1.29, 1.82) is 0 Å². The van der Waals surface area contributed by atoms with Crippen molar-refractivity contribution in [2.24, 2.45) is 11.8 Å². The molecular weight excluding hydrogens is 404 g/mol. The summed E-state index contributed by atoms with van der Waals surface area (Å²) >= 11 is 0. The molecule has 1 aliphatic carbocycles. The number of rotatable bonds is 9. The molecule has 1 atom stereocenters. The van der Waals surface area contributed by atoms with E-state index in [1.54, 1.807) is 26.8 Å². The van der Waals surface area contributed by atoms with Crippen LogP contribution in [0.15, 0.2) is 23.1 Å². The summed E-state index contributed by atoms with van der Waals surface area (Å²) in [4.78, 5) is 12.6. The maximum absolute atomic E-state index is 12.8. The van der Waals surface area contributed by atoms with E-state index in [1.165, 1.54) is 51.3 Å². The molecule has 1 aromatic carbocycles. The fourth-order valence-corrected chi connectivity index (χ4v) is 5.56. The molecule has 0 bridgehead atoms. The van der Waals surface area contributed by atoms with Crippen molar-refractivity contribution in [3.05, 3.63) is 23.8 Å². The summed E-state index contributed by atoms with van der Waals surface area (Å²) in [5, 5.41) is 12.6. The molecule has 0 saturated heterocycles. The molecule has 0 heterocycles. The number of sulfonamides is 1. The van der Waals surface area contributed by atoms with Crippen molar-refractivity contribution >= 4 is 15.9 Å². The smallest absolute Gasteiger partial charge is 0.251 e. The highest BCUT2D eigenvalue weighted by atomic mass is 32.2. The lowest BCUT2D eigenvalue weighted by molar-refractivity contribution is 0.0932. The van der Waals surface area contributed by atoms with Crippen LogP contribution >= 0.6 is 0 Å². The van der Waals surface area contributed by atoms with Gasteiger partial charge < -0.3 is 15.2 Å². The molecule has 1 aromatic rings. The lowest BCUT2D eigenvalue weighted by Crippen LogP contribution is -2.40. The van der Waals surface area contributed by atoms with Gasteiger partial charge in [-0.1, -0.05) is 32.1 Å². The molecule has 0 unspecified atom stereocenters. The summed E-state index contributed by atoms with van der Waals surface area (Å²) in [5.41, 5.74) is -0.435. The third kappa shape index (κ3) is 7.25. The van der Waals surface area contributed by atoms with E-state index in [0.717, 1.165) is 6.42 Å². The molecule has 0 spiro atoms. The van der Waals surface area contributed by atoms with Gasteiger partial charge >= 0.3 is 0 Å². The monoisotopic (exact) mass is 440 g/mol. The van der Waals surface area contributed by atoms with Gasteiger partial charge in [0.05, 0.1) is 7.11 Å². The van der Waals surface area contributed by atoms with Gasteiger partial charge in [0.15, 0.2) is 0 Å². The number of aliphatic hydroxyl groups is 1. The third-order valence-electron chi connectivity index (χ3n) is 5.36. The summed E-state index contributed by atoms with van der Waals surface area (Å²) in [6.45, 7) is 5.62. The lowest BCUT2D eigenvalue weighted by atomic mass is 9.83. The van der Waals surface area contributed by atoms with Crippen LogP contribution in [0.2, 0.25) is 0 Å². The van der Waals surface area contributed by atoms with E-state index in [2.05, 4.69) is 10.0 Å². The second kappa shape index (κ2) is 10.6. The average molecular weight is 441 g/mol. The first-order valence-electron chi connectivity index (χ1n) is 10.7. The predicted octanol–water partition coefficient (Wildman–Crippen LogP) is 3.08. The van der Waals surface area contributed by atoms with Crippen LogP contribution in [0.4, 0.5) is 0 Å². The van der Waals surface area contributed by atoms with Gasteiger partial charge in [0, 0.05) is 24.3 Å². The minimum absolute atomic E-state index is 0.000980. The van der Waals surface area contributed by atoms with Gasteiger partial charge in [0.1, 0.15) is 10.6 Å². The molecule has 0 aliphatic heterocycles. The van der Waals surface area contributed by atoms with Crippen molar-refractivity contribution in [2.75, 3.05) is 20.3 Å². The minimum atomic E-state index is -3.87. The number of hydrogen-bond donors (Lipinski definition) is 3. The number of carbonyl (C=O) groups is 1. The lowest BCUT2D eigenvalue weighted by Gasteiger charge is -2.25. The summed E-state index contributed by atoms with van der Waals surface area (Å²) in [6, 6.07) is 4.36. The number of benzene rings is 1. The zero-order valence-electron chi connectivity index (χ0n) is 18.5. The number of carbonyl (C=O) groups excluding carboxylic acids is 1. The molecule has 8 heteroatoms. The van der Waals surface area contributed by atoms with Crippen LogP contribution in [0.3, 0.4) is 0 Å². The van der Waals surface area contributed by atoms with Crippen molar-refractivity contribution < 1.29 is 23.1 Å². The number of ether oxygens (including phenoxy) is 1. The van der Waals surface area contributed by atoms with E-state index >= 15 is 0 Å². The van der Waals surface area contributed by atoms with Crippen LogP contribution < -0.4 is 14.8 Å². The zero-order valence-corrected chi connectivity index (χ0v) is 19.3. The molecule has 1 fully saturated rings. The fraction of sp³-hybridized carbons (Fsp3) is 0.682. The van der Waals surface area contributed by atoms with Crippen LogP contribution in [0.5, 0.6) is 5.75 Å². The summed E-state index contributed by atoms with van der Waals surface area (Å²) < 4.78 is 33.3. The first-order chi connectivity index (χ1) is 14.1. The van der Waals surface area contributed by atoms with Gasteiger partial charge in [0.25, 0.3) is 5.91 Å². The third-order valence-corrected chi connectivity index (χ3v) is 7.14. The molecule has 1 amide bonds. The topological polar surface area (TPSA) is 105 Å². The summed E-state index contributed by atoms with van der Waals surface area (Å²) in [5.74, 6) is 0.413. The van der Waals surface area contributed by atoms with Gasteiger partial charge in [-0.25, -0.2) is 13.1 Å².